The minimum absolute atomic E-state index is 0.503. The van der Waals surface area contributed by atoms with Crippen molar-refractivity contribution < 1.29 is 9.47 Å². The highest BCUT2D eigenvalue weighted by Crippen LogP contribution is 2.32. The van der Waals surface area contributed by atoms with E-state index in [-0.39, 0.29) is 0 Å². The summed E-state index contributed by atoms with van der Waals surface area (Å²) in [5, 5.41) is 0.737. The highest BCUT2D eigenvalue weighted by Gasteiger charge is 2.15. The van der Waals surface area contributed by atoms with Gasteiger partial charge < -0.3 is 19.3 Å². The number of rotatable bonds is 8. The van der Waals surface area contributed by atoms with Crippen molar-refractivity contribution in [1.82, 2.24) is 9.80 Å². The fourth-order valence-electron chi connectivity index (χ4n) is 3.38. The van der Waals surface area contributed by atoms with Crippen LogP contribution < -0.4 is 9.47 Å². The van der Waals surface area contributed by atoms with Gasteiger partial charge in [0.1, 0.15) is 6.61 Å². The lowest BCUT2D eigenvalue weighted by molar-refractivity contribution is 0.153. The molecule has 2 aromatic carbocycles. The molecule has 1 aliphatic rings. The Kier molecular flexibility index (Phi) is 7.39. The van der Waals surface area contributed by atoms with Gasteiger partial charge in [0.25, 0.3) is 0 Å². The van der Waals surface area contributed by atoms with Crippen molar-refractivity contribution in [3.8, 4) is 11.5 Å². The smallest absolute Gasteiger partial charge is 0.164 e. The molecule has 1 heterocycles. The highest BCUT2D eigenvalue weighted by atomic mass is 35.5. The lowest BCUT2D eigenvalue weighted by Crippen LogP contribution is -2.44. The maximum atomic E-state index is 6.15. The molecule has 0 N–H and O–H groups in total. The first-order chi connectivity index (χ1) is 13.2. The number of ether oxygens (including phenoxy) is 2. The monoisotopic (exact) mass is 388 g/mol. The van der Waals surface area contributed by atoms with Crippen molar-refractivity contribution in [3.05, 3.63) is 58.6 Å². The summed E-state index contributed by atoms with van der Waals surface area (Å²) in [7, 11) is 3.89. The van der Waals surface area contributed by atoms with Gasteiger partial charge in [0.05, 0.1) is 7.11 Å². The van der Waals surface area contributed by atoms with Gasteiger partial charge in [-0.1, -0.05) is 35.9 Å². The molecule has 4 nitrogen and oxygen atoms in total. The van der Waals surface area contributed by atoms with Gasteiger partial charge in [-0.05, 0) is 55.8 Å². The summed E-state index contributed by atoms with van der Waals surface area (Å²) < 4.78 is 11.7. The number of nitrogens with zero attached hydrogens (tertiary/aromatic N) is 2. The van der Waals surface area contributed by atoms with Gasteiger partial charge in [0.15, 0.2) is 11.5 Å². The minimum Gasteiger partial charge on any atom is -0.493 e. The number of piperazine rings is 1. The predicted octanol–water partition coefficient (Wildman–Crippen LogP) is 4.11. The molecule has 0 aliphatic carbocycles. The van der Waals surface area contributed by atoms with Crippen LogP contribution in [0.5, 0.6) is 11.5 Å². The quantitative estimate of drug-likeness (QED) is 0.679. The molecule has 1 saturated heterocycles. The zero-order valence-corrected chi connectivity index (χ0v) is 17.0. The number of aryl methyl sites for hydroxylation is 1. The van der Waals surface area contributed by atoms with E-state index in [9.17, 15) is 0 Å². The number of halogens is 1. The maximum Gasteiger partial charge on any atom is 0.164 e. The summed E-state index contributed by atoms with van der Waals surface area (Å²) in [6.45, 7) is 6.27. The fraction of sp³-hybridized carbons (Fsp3) is 0.455. The third-order valence-corrected chi connectivity index (χ3v) is 5.35. The third-order valence-electron chi connectivity index (χ3n) is 5.09. The van der Waals surface area contributed by atoms with E-state index in [1.165, 1.54) is 5.56 Å². The SMILES string of the molecule is COc1cccc(CCCN2CCN(C)CC2)c1OCc1ccc(Cl)cc1. The van der Waals surface area contributed by atoms with E-state index in [0.29, 0.717) is 6.61 Å². The Morgan fingerprint density at radius 2 is 1.74 bits per heavy atom. The van der Waals surface area contributed by atoms with Gasteiger partial charge in [0.2, 0.25) is 0 Å². The van der Waals surface area contributed by atoms with E-state index < -0.39 is 0 Å². The molecule has 0 atom stereocenters. The molecule has 1 fully saturated rings. The van der Waals surface area contributed by atoms with Crippen LogP contribution in [0.15, 0.2) is 42.5 Å². The fourth-order valence-corrected chi connectivity index (χ4v) is 3.51. The second-order valence-corrected chi connectivity index (χ2v) is 7.55. The number of benzene rings is 2. The zero-order chi connectivity index (χ0) is 19.1. The van der Waals surface area contributed by atoms with Crippen molar-refractivity contribution in [2.75, 3.05) is 46.9 Å². The normalized spacial score (nSPS) is 15.7. The number of hydrogen-bond donors (Lipinski definition) is 0. The van der Waals surface area contributed by atoms with E-state index in [4.69, 9.17) is 21.1 Å². The van der Waals surface area contributed by atoms with E-state index in [2.05, 4.69) is 22.9 Å². The van der Waals surface area contributed by atoms with Crippen LogP contribution in [0.4, 0.5) is 0 Å². The molecule has 0 aromatic heterocycles. The van der Waals surface area contributed by atoms with Crippen molar-refractivity contribution in [2.24, 2.45) is 0 Å². The molecule has 0 saturated carbocycles. The van der Waals surface area contributed by atoms with Crippen LogP contribution >= 0.6 is 11.6 Å². The average molecular weight is 389 g/mol. The molecule has 0 spiro atoms. The lowest BCUT2D eigenvalue weighted by Gasteiger charge is -2.32. The van der Waals surface area contributed by atoms with Gasteiger partial charge in [0, 0.05) is 31.2 Å². The minimum atomic E-state index is 0.503. The third kappa shape index (κ3) is 5.86. The zero-order valence-electron chi connectivity index (χ0n) is 16.3. The lowest BCUT2D eigenvalue weighted by atomic mass is 10.1. The van der Waals surface area contributed by atoms with E-state index >= 15 is 0 Å². The van der Waals surface area contributed by atoms with E-state index in [0.717, 1.165) is 67.7 Å². The van der Waals surface area contributed by atoms with E-state index in [1.54, 1.807) is 7.11 Å². The molecule has 3 rings (SSSR count). The van der Waals surface area contributed by atoms with Gasteiger partial charge in [-0.3, -0.25) is 0 Å². The Morgan fingerprint density at radius 1 is 1.00 bits per heavy atom. The van der Waals surface area contributed by atoms with Crippen LogP contribution in [0.2, 0.25) is 5.02 Å². The van der Waals surface area contributed by atoms with Crippen LogP contribution in [0.1, 0.15) is 17.5 Å². The van der Waals surface area contributed by atoms with E-state index in [1.807, 2.05) is 36.4 Å². The van der Waals surface area contributed by atoms with Crippen LogP contribution in [0.25, 0.3) is 0 Å². The Labute approximate surface area is 167 Å². The second-order valence-electron chi connectivity index (χ2n) is 7.11. The van der Waals surface area contributed by atoms with Gasteiger partial charge in [-0.15, -0.1) is 0 Å². The average Bonchev–Trinajstić information content (AvgIpc) is 2.69. The second kappa shape index (κ2) is 9.98. The van der Waals surface area contributed by atoms with Gasteiger partial charge >= 0.3 is 0 Å². The summed E-state index contributed by atoms with van der Waals surface area (Å²) >= 11 is 5.96. The van der Waals surface area contributed by atoms with Crippen molar-refractivity contribution >= 4 is 11.6 Å². The summed E-state index contributed by atoms with van der Waals surface area (Å²) in [5.74, 6) is 1.65. The van der Waals surface area contributed by atoms with Gasteiger partial charge in [-0.25, -0.2) is 0 Å². The summed E-state index contributed by atoms with van der Waals surface area (Å²) in [5.41, 5.74) is 2.30. The summed E-state index contributed by atoms with van der Waals surface area (Å²) in [6, 6.07) is 13.9. The molecule has 0 amide bonds. The predicted molar refractivity (Wildman–Crippen MR) is 111 cm³/mol. The standard InChI is InChI=1S/C22H29ClN2O2/c1-24-13-15-25(16-14-24)12-4-6-19-5-3-7-21(26-2)22(19)27-17-18-8-10-20(23)11-9-18/h3,5,7-11H,4,6,12-17H2,1-2H3. The molecular formula is C22H29ClN2O2. The highest BCUT2D eigenvalue weighted by molar-refractivity contribution is 6.30. The van der Waals surface area contributed by atoms with Crippen molar-refractivity contribution in [1.29, 1.82) is 0 Å². The largest absolute Gasteiger partial charge is 0.493 e. The summed E-state index contributed by atoms with van der Waals surface area (Å²) in [4.78, 5) is 4.94. The molecule has 0 bridgehead atoms. The van der Waals surface area contributed by atoms with Crippen molar-refractivity contribution in [3.63, 3.8) is 0 Å². The number of para-hydroxylation sites is 1. The maximum absolute atomic E-state index is 6.15. The Balaban J connectivity index is 1.59. The molecule has 0 radical (unpaired) electrons. The Morgan fingerprint density at radius 3 is 2.44 bits per heavy atom. The topological polar surface area (TPSA) is 24.9 Å². The molecular weight excluding hydrogens is 360 g/mol. The Bertz CT molecular complexity index is 713. The Hall–Kier alpha value is -1.75. The number of methoxy groups -OCH3 is 1. The molecule has 1 aliphatic heterocycles. The molecule has 146 valence electrons. The molecule has 5 heteroatoms. The van der Waals surface area contributed by atoms with Crippen molar-refractivity contribution in [2.45, 2.75) is 19.4 Å². The molecule has 0 unspecified atom stereocenters. The van der Waals surface area contributed by atoms with Crippen LogP contribution in [0.3, 0.4) is 0 Å². The van der Waals surface area contributed by atoms with Crippen LogP contribution in [-0.4, -0.2) is 56.7 Å². The van der Waals surface area contributed by atoms with Crippen LogP contribution in [-0.2, 0) is 13.0 Å². The van der Waals surface area contributed by atoms with Crippen LogP contribution in [0, 0.1) is 0 Å². The molecule has 2 aromatic rings. The van der Waals surface area contributed by atoms with Gasteiger partial charge in [-0.2, -0.15) is 0 Å². The first-order valence-corrected chi connectivity index (χ1v) is 9.97. The number of hydrogen-bond acceptors (Lipinski definition) is 4. The summed E-state index contributed by atoms with van der Waals surface area (Å²) in [6.07, 6.45) is 2.10. The first kappa shape index (κ1) is 20.0. The molecule has 27 heavy (non-hydrogen) atoms. The first-order valence-electron chi connectivity index (χ1n) is 9.59. The number of likely N-dealkylation sites (N-methyl/N-ethyl adjacent to an activating group) is 1.